The molecule has 1 rings (SSSR count). The summed E-state index contributed by atoms with van der Waals surface area (Å²) in [6, 6.07) is 5.59. The summed E-state index contributed by atoms with van der Waals surface area (Å²) >= 11 is 5.74. The predicted molar refractivity (Wildman–Crippen MR) is 44.8 cm³/mol. The van der Waals surface area contributed by atoms with Gasteiger partial charge in [0.2, 0.25) is 0 Å². The molecule has 1 aromatic rings. The first kappa shape index (κ1) is 8.53. The van der Waals surface area contributed by atoms with Gasteiger partial charge in [0, 0.05) is 11.6 Å². The molecule has 0 radical (unpaired) electrons. The molecule has 0 heterocycles. The van der Waals surface area contributed by atoms with Gasteiger partial charge in [-0.2, -0.15) is 0 Å². The van der Waals surface area contributed by atoms with Gasteiger partial charge in [-0.05, 0) is 30.2 Å². The fourth-order valence-electron chi connectivity index (χ4n) is 0.916. The van der Waals surface area contributed by atoms with E-state index in [1.165, 1.54) is 0 Å². The Hall–Kier alpha value is -0.570. The second-order valence-electron chi connectivity index (χ2n) is 2.41. The van der Waals surface area contributed by atoms with E-state index in [9.17, 15) is 0 Å². The molecule has 60 valence electrons. The standard InChI is InChI=1S/C8H10ClNO/c1-6-2-3-8(9)4-7(6)5-10-11/h2-4,10-11H,5H2,1H3. The molecule has 0 saturated heterocycles. The van der Waals surface area contributed by atoms with Crippen LogP contribution in [0.5, 0.6) is 0 Å². The second kappa shape index (κ2) is 3.72. The highest BCUT2D eigenvalue weighted by Gasteiger charge is 1.97. The zero-order chi connectivity index (χ0) is 8.27. The molecule has 0 aromatic heterocycles. The SMILES string of the molecule is Cc1ccc(Cl)cc1CNO. The smallest absolute Gasteiger partial charge is 0.0461 e. The molecule has 0 unspecified atom stereocenters. The number of hydrogen-bond acceptors (Lipinski definition) is 2. The van der Waals surface area contributed by atoms with Gasteiger partial charge in [0.1, 0.15) is 0 Å². The normalized spacial score (nSPS) is 10.1. The van der Waals surface area contributed by atoms with Crippen molar-refractivity contribution in [2.45, 2.75) is 13.5 Å². The lowest BCUT2D eigenvalue weighted by Gasteiger charge is -2.03. The lowest BCUT2D eigenvalue weighted by atomic mass is 10.1. The summed E-state index contributed by atoms with van der Waals surface area (Å²) in [5.41, 5.74) is 4.23. The summed E-state index contributed by atoms with van der Waals surface area (Å²) in [5.74, 6) is 0. The first-order valence-electron chi connectivity index (χ1n) is 3.36. The van der Waals surface area contributed by atoms with E-state index in [2.05, 4.69) is 5.48 Å². The van der Waals surface area contributed by atoms with Crippen molar-refractivity contribution in [1.29, 1.82) is 0 Å². The molecule has 2 N–H and O–H groups in total. The van der Waals surface area contributed by atoms with Crippen molar-refractivity contribution in [1.82, 2.24) is 5.48 Å². The first-order chi connectivity index (χ1) is 5.24. The van der Waals surface area contributed by atoms with E-state index >= 15 is 0 Å². The average Bonchev–Trinajstić information content (AvgIpc) is 1.98. The maximum absolute atomic E-state index is 8.44. The minimum atomic E-state index is 0.437. The molecular formula is C8H10ClNO. The Morgan fingerprint density at radius 1 is 1.55 bits per heavy atom. The summed E-state index contributed by atoms with van der Waals surface area (Å²) in [6.45, 7) is 2.41. The van der Waals surface area contributed by atoms with Crippen molar-refractivity contribution in [3.05, 3.63) is 34.3 Å². The Morgan fingerprint density at radius 3 is 2.91 bits per heavy atom. The molecule has 0 fully saturated rings. The van der Waals surface area contributed by atoms with Gasteiger partial charge in [0.15, 0.2) is 0 Å². The summed E-state index contributed by atoms with van der Waals surface area (Å²) in [5, 5.41) is 9.14. The quantitative estimate of drug-likeness (QED) is 0.669. The minimum Gasteiger partial charge on any atom is -0.316 e. The van der Waals surface area contributed by atoms with Crippen molar-refractivity contribution in [3.63, 3.8) is 0 Å². The molecule has 0 amide bonds. The Bertz CT molecular complexity index is 250. The number of rotatable bonds is 2. The Morgan fingerprint density at radius 2 is 2.27 bits per heavy atom. The zero-order valence-electron chi connectivity index (χ0n) is 6.26. The molecule has 0 aliphatic carbocycles. The van der Waals surface area contributed by atoms with Crippen molar-refractivity contribution < 1.29 is 5.21 Å². The lowest BCUT2D eigenvalue weighted by Crippen LogP contribution is -2.07. The van der Waals surface area contributed by atoms with Crippen LogP contribution in [0.2, 0.25) is 5.02 Å². The Labute approximate surface area is 70.8 Å². The van der Waals surface area contributed by atoms with Gasteiger partial charge in [-0.15, -0.1) is 0 Å². The van der Waals surface area contributed by atoms with Gasteiger partial charge in [0.05, 0.1) is 0 Å². The number of nitrogens with one attached hydrogen (secondary N) is 1. The third-order valence-corrected chi connectivity index (χ3v) is 1.82. The fraction of sp³-hybridized carbons (Fsp3) is 0.250. The van der Waals surface area contributed by atoms with Crippen LogP contribution in [0.4, 0.5) is 0 Å². The van der Waals surface area contributed by atoms with E-state index in [1.54, 1.807) is 0 Å². The van der Waals surface area contributed by atoms with E-state index in [-0.39, 0.29) is 0 Å². The minimum absolute atomic E-state index is 0.437. The molecule has 0 spiro atoms. The van der Waals surface area contributed by atoms with E-state index < -0.39 is 0 Å². The van der Waals surface area contributed by atoms with Crippen LogP contribution < -0.4 is 5.48 Å². The molecule has 0 saturated carbocycles. The highest BCUT2D eigenvalue weighted by molar-refractivity contribution is 6.30. The van der Waals surface area contributed by atoms with Crippen LogP contribution in [-0.2, 0) is 6.54 Å². The molecule has 1 aromatic carbocycles. The van der Waals surface area contributed by atoms with Crippen LogP contribution in [0.3, 0.4) is 0 Å². The van der Waals surface area contributed by atoms with Gasteiger partial charge in [0.25, 0.3) is 0 Å². The number of hydroxylamine groups is 1. The van der Waals surface area contributed by atoms with Crippen LogP contribution >= 0.6 is 11.6 Å². The second-order valence-corrected chi connectivity index (χ2v) is 2.84. The Kier molecular flexibility index (Phi) is 2.88. The number of aryl methyl sites for hydroxylation is 1. The third-order valence-electron chi connectivity index (χ3n) is 1.58. The molecular weight excluding hydrogens is 162 g/mol. The first-order valence-corrected chi connectivity index (χ1v) is 3.74. The number of hydrogen-bond donors (Lipinski definition) is 2. The van der Waals surface area contributed by atoms with Gasteiger partial charge in [-0.25, -0.2) is 5.48 Å². The summed E-state index contributed by atoms with van der Waals surface area (Å²) in [7, 11) is 0. The van der Waals surface area contributed by atoms with Gasteiger partial charge < -0.3 is 5.21 Å². The number of benzene rings is 1. The summed E-state index contributed by atoms with van der Waals surface area (Å²) in [6.07, 6.45) is 0. The molecule has 2 nitrogen and oxygen atoms in total. The zero-order valence-corrected chi connectivity index (χ0v) is 7.02. The van der Waals surface area contributed by atoms with Crippen molar-refractivity contribution >= 4 is 11.6 Å². The van der Waals surface area contributed by atoms with Crippen LogP contribution in [0.1, 0.15) is 11.1 Å². The molecule has 0 aliphatic rings. The molecule has 11 heavy (non-hydrogen) atoms. The van der Waals surface area contributed by atoms with Crippen molar-refractivity contribution in [3.8, 4) is 0 Å². The third kappa shape index (κ3) is 2.19. The highest BCUT2D eigenvalue weighted by Crippen LogP contribution is 2.14. The van der Waals surface area contributed by atoms with Crippen molar-refractivity contribution in [2.24, 2.45) is 0 Å². The fourth-order valence-corrected chi connectivity index (χ4v) is 1.11. The van der Waals surface area contributed by atoms with Gasteiger partial charge in [-0.3, -0.25) is 0 Å². The maximum atomic E-state index is 8.44. The topological polar surface area (TPSA) is 32.3 Å². The molecule has 0 aliphatic heterocycles. The van der Waals surface area contributed by atoms with Crippen molar-refractivity contribution in [2.75, 3.05) is 0 Å². The predicted octanol–water partition coefficient (Wildman–Crippen LogP) is 2.13. The average molecular weight is 172 g/mol. The number of halogens is 1. The van der Waals surface area contributed by atoms with Crippen LogP contribution in [0, 0.1) is 6.92 Å². The lowest BCUT2D eigenvalue weighted by molar-refractivity contribution is 0.161. The van der Waals surface area contributed by atoms with E-state index in [1.807, 2.05) is 25.1 Å². The molecule has 3 heteroatoms. The Balaban J connectivity index is 2.93. The monoisotopic (exact) mass is 171 g/mol. The largest absolute Gasteiger partial charge is 0.316 e. The maximum Gasteiger partial charge on any atom is 0.0461 e. The summed E-state index contributed by atoms with van der Waals surface area (Å²) < 4.78 is 0. The van der Waals surface area contributed by atoms with E-state index in [0.717, 1.165) is 11.1 Å². The summed E-state index contributed by atoms with van der Waals surface area (Å²) in [4.78, 5) is 0. The van der Waals surface area contributed by atoms with E-state index in [0.29, 0.717) is 11.6 Å². The molecule has 0 atom stereocenters. The van der Waals surface area contributed by atoms with Gasteiger partial charge in [-0.1, -0.05) is 17.7 Å². The highest BCUT2D eigenvalue weighted by atomic mass is 35.5. The van der Waals surface area contributed by atoms with Crippen LogP contribution in [0.15, 0.2) is 18.2 Å². The van der Waals surface area contributed by atoms with Crippen LogP contribution in [-0.4, -0.2) is 5.21 Å². The van der Waals surface area contributed by atoms with Gasteiger partial charge >= 0.3 is 0 Å². The van der Waals surface area contributed by atoms with E-state index in [4.69, 9.17) is 16.8 Å². The van der Waals surface area contributed by atoms with Crippen LogP contribution in [0.25, 0.3) is 0 Å². The molecule has 0 bridgehead atoms.